The van der Waals surface area contributed by atoms with E-state index in [1.165, 1.54) is 6.20 Å². The summed E-state index contributed by atoms with van der Waals surface area (Å²) in [6, 6.07) is 4.87. The Morgan fingerprint density at radius 3 is 2.88 bits per heavy atom. The Hall–Kier alpha value is -2.01. The van der Waals surface area contributed by atoms with Gasteiger partial charge in [-0.15, -0.1) is 0 Å². The number of aromatic nitrogens is 1. The Bertz CT molecular complexity index is 566. The highest BCUT2D eigenvalue weighted by atomic mass is 35.5. The van der Waals surface area contributed by atoms with Crippen LogP contribution in [0.4, 0.5) is 11.4 Å². The van der Waals surface area contributed by atoms with Crippen molar-refractivity contribution < 1.29 is 9.32 Å². The molecule has 1 heterocycles. The molecule has 1 amide bonds. The zero-order valence-corrected chi connectivity index (χ0v) is 9.78. The third-order valence-corrected chi connectivity index (χ3v) is 2.58. The van der Waals surface area contributed by atoms with Crippen molar-refractivity contribution in [1.82, 2.24) is 5.16 Å². The SMILES string of the molecule is Cc1oncc1C(=O)Nc1ccc(N)c(Cl)c1. The van der Waals surface area contributed by atoms with Crippen LogP contribution < -0.4 is 11.1 Å². The van der Waals surface area contributed by atoms with Gasteiger partial charge >= 0.3 is 0 Å². The first-order valence-corrected chi connectivity index (χ1v) is 5.23. The molecule has 0 atom stereocenters. The van der Waals surface area contributed by atoms with Gasteiger partial charge in [-0.2, -0.15) is 0 Å². The van der Waals surface area contributed by atoms with E-state index in [1.54, 1.807) is 25.1 Å². The minimum atomic E-state index is -0.301. The van der Waals surface area contributed by atoms with Crippen LogP contribution in [0.15, 0.2) is 28.9 Å². The number of nitrogens with zero attached hydrogens (tertiary/aromatic N) is 1. The molecule has 1 aromatic heterocycles. The molecule has 6 heteroatoms. The third kappa shape index (κ3) is 2.39. The van der Waals surface area contributed by atoms with Crippen LogP contribution in [0.25, 0.3) is 0 Å². The molecule has 2 aromatic rings. The number of anilines is 2. The normalized spacial score (nSPS) is 10.2. The molecule has 0 spiro atoms. The number of halogens is 1. The van der Waals surface area contributed by atoms with Crippen molar-refractivity contribution in [3.63, 3.8) is 0 Å². The Morgan fingerprint density at radius 2 is 2.29 bits per heavy atom. The molecule has 0 fully saturated rings. The van der Waals surface area contributed by atoms with Gasteiger partial charge < -0.3 is 15.6 Å². The van der Waals surface area contributed by atoms with E-state index in [4.69, 9.17) is 21.9 Å². The molecule has 0 aliphatic carbocycles. The van der Waals surface area contributed by atoms with Gasteiger partial charge in [-0.25, -0.2) is 0 Å². The van der Waals surface area contributed by atoms with Crippen molar-refractivity contribution >= 4 is 28.9 Å². The molecule has 1 aromatic carbocycles. The van der Waals surface area contributed by atoms with Crippen molar-refractivity contribution in [1.29, 1.82) is 0 Å². The highest BCUT2D eigenvalue weighted by Crippen LogP contribution is 2.23. The van der Waals surface area contributed by atoms with Crippen LogP contribution in [-0.2, 0) is 0 Å². The molecule has 0 radical (unpaired) electrons. The van der Waals surface area contributed by atoms with Crippen LogP contribution in [0.2, 0.25) is 5.02 Å². The van der Waals surface area contributed by atoms with E-state index < -0.39 is 0 Å². The lowest BCUT2D eigenvalue weighted by Crippen LogP contribution is -2.12. The van der Waals surface area contributed by atoms with E-state index in [-0.39, 0.29) is 5.91 Å². The van der Waals surface area contributed by atoms with E-state index >= 15 is 0 Å². The van der Waals surface area contributed by atoms with Crippen molar-refractivity contribution in [2.75, 3.05) is 11.1 Å². The van der Waals surface area contributed by atoms with Crippen molar-refractivity contribution in [2.24, 2.45) is 0 Å². The van der Waals surface area contributed by atoms with Crippen LogP contribution in [0.1, 0.15) is 16.1 Å². The standard InChI is InChI=1S/C11H10ClN3O2/c1-6-8(5-14-17-6)11(16)15-7-2-3-10(13)9(12)4-7/h2-5H,13H2,1H3,(H,15,16). The molecule has 0 aliphatic heterocycles. The zero-order chi connectivity index (χ0) is 12.4. The fraction of sp³-hybridized carbons (Fsp3) is 0.0909. The molecule has 0 saturated carbocycles. The highest BCUT2D eigenvalue weighted by Gasteiger charge is 2.13. The minimum Gasteiger partial charge on any atom is -0.398 e. The molecule has 0 aliphatic rings. The lowest BCUT2D eigenvalue weighted by molar-refractivity contribution is 0.102. The first-order valence-electron chi connectivity index (χ1n) is 4.85. The van der Waals surface area contributed by atoms with Gasteiger partial charge in [0.05, 0.1) is 16.9 Å². The van der Waals surface area contributed by atoms with Crippen LogP contribution in [0.5, 0.6) is 0 Å². The Labute approximate surface area is 103 Å². The average molecular weight is 252 g/mol. The zero-order valence-electron chi connectivity index (χ0n) is 9.03. The van der Waals surface area contributed by atoms with Crippen LogP contribution in [0, 0.1) is 6.92 Å². The summed E-state index contributed by atoms with van der Waals surface area (Å²) in [6.45, 7) is 1.66. The molecule has 0 unspecified atom stereocenters. The number of benzene rings is 1. The third-order valence-electron chi connectivity index (χ3n) is 2.25. The van der Waals surface area contributed by atoms with Gasteiger partial charge in [0.25, 0.3) is 5.91 Å². The van der Waals surface area contributed by atoms with Crippen LogP contribution >= 0.6 is 11.6 Å². The van der Waals surface area contributed by atoms with Crippen molar-refractivity contribution in [3.8, 4) is 0 Å². The highest BCUT2D eigenvalue weighted by molar-refractivity contribution is 6.33. The molecule has 3 N–H and O–H groups in total. The predicted octanol–water partition coefficient (Wildman–Crippen LogP) is 2.47. The number of carbonyl (C=O) groups excluding carboxylic acids is 1. The second-order valence-corrected chi connectivity index (χ2v) is 3.89. The van der Waals surface area contributed by atoms with Gasteiger partial charge in [-0.05, 0) is 25.1 Å². The maximum Gasteiger partial charge on any atom is 0.260 e. The molecule has 17 heavy (non-hydrogen) atoms. The lowest BCUT2D eigenvalue weighted by Gasteiger charge is -2.05. The van der Waals surface area contributed by atoms with Gasteiger partial charge in [-0.3, -0.25) is 4.79 Å². The fourth-order valence-corrected chi connectivity index (χ4v) is 1.50. The van der Waals surface area contributed by atoms with Gasteiger partial charge in [0.2, 0.25) is 0 Å². The number of nitrogens with two attached hydrogens (primary N) is 1. The van der Waals surface area contributed by atoms with E-state index in [2.05, 4.69) is 10.5 Å². The van der Waals surface area contributed by atoms with E-state index in [1.807, 2.05) is 0 Å². The van der Waals surface area contributed by atoms with E-state index in [0.29, 0.717) is 27.7 Å². The van der Waals surface area contributed by atoms with Crippen LogP contribution in [-0.4, -0.2) is 11.1 Å². The second kappa shape index (κ2) is 4.47. The quantitative estimate of drug-likeness (QED) is 0.804. The molecule has 0 saturated heterocycles. The Morgan fingerprint density at radius 1 is 1.53 bits per heavy atom. The second-order valence-electron chi connectivity index (χ2n) is 3.49. The van der Waals surface area contributed by atoms with Crippen LogP contribution in [0.3, 0.4) is 0 Å². The first-order chi connectivity index (χ1) is 8.08. The molecule has 88 valence electrons. The maximum atomic E-state index is 11.8. The number of hydrogen-bond donors (Lipinski definition) is 2. The van der Waals surface area contributed by atoms with Crippen molar-refractivity contribution in [2.45, 2.75) is 6.92 Å². The summed E-state index contributed by atoms with van der Waals surface area (Å²) < 4.78 is 4.81. The number of carbonyl (C=O) groups is 1. The lowest BCUT2D eigenvalue weighted by atomic mass is 10.2. The fourth-order valence-electron chi connectivity index (χ4n) is 1.32. The van der Waals surface area contributed by atoms with Gasteiger partial charge in [0.15, 0.2) is 0 Å². The number of nitrogens with one attached hydrogen (secondary N) is 1. The Balaban J connectivity index is 2.19. The molecular weight excluding hydrogens is 242 g/mol. The molecule has 2 rings (SSSR count). The summed E-state index contributed by atoms with van der Waals surface area (Å²) in [5, 5.41) is 6.60. The monoisotopic (exact) mass is 251 g/mol. The summed E-state index contributed by atoms with van der Waals surface area (Å²) >= 11 is 5.85. The number of aryl methyl sites for hydroxylation is 1. The minimum absolute atomic E-state index is 0.301. The van der Waals surface area contributed by atoms with Gasteiger partial charge in [-0.1, -0.05) is 16.8 Å². The number of amides is 1. The summed E-state index contributed by atoms with van der Waals surface area (Å²) in [7, 11) is 0. The molecular formula is C11H10ClN3O2. The van der Waals surface area contributed by atoms with E-state index in [0.717, 1.165) is 0 Å². The Kier molecular flexibility index (Phi) is 3.01. The smallest absolute Gasteiger partial charge is 0.260 e. The summed E-state index contributed by atoms with van der Waals surface area (Å²) in [4.78, 5) is 11.8. The van der Waals surface area contributed by atoms with E-state index in [9.17, 15) is 4.79 Å². The summed E-state index contributed by atoms with van der Waals surface area (Å²) in [6.07, 6.45) is 1.36. The summed E-state index contributed by atoms with van der Waals surface area (Å²) in [5.41, 5.74) is 6.98. The van der Waals surface area contributed by atoms with Crippen molar-refractivity contribution in [3.05, 3.63) is 40.7 Å². The number of hydrogen-bond acceptors (Lipinski definition) is 4. The topological polar surface area (TPSA) is 81.2 Å². The van der Waals surface area contributed by atoms with Gasteiger partial charge in [0.1, 0.15) is 11.3 Å². The average Bonchev–Trinajstić information content (AvgIpc) is 2.70. The largest absolute Gasteiger partial charge is 0.398 e. The number of rotatable bonds is 2. The molecule has 0 bridgehead atoms. The first kappa shape index (κ1) is 11.5. The molecule has 5 nitrogen and oxygen atoms in total. The summed E-state index contributed by atoms with van der Waals surface area (Å²) in [5.74, 6) is 0.161. The predicted molar refractivity (Wildman–Crippen MR) is 65.1 cm³/mol. The van der Waals surface area contributed by atoms with Gasteiger partial charge in [0, 0.05) is 5.69 Å². The number of nitrogen functional groups attached to an aromatic ring is 1. The maximum absolute atomic E-state index is 11.8.